The van der Waals surface area contributed by atoms with Crippen LogP contribution in [0.2, 0.25) is 5.15 Å². The van der Waals surface area contributed by atoms with Crippen molar-refractivity contribution in [3.05, 3.63) is 72.4 Å². The summed E-state index contributed by atoms with van der Waals surface area (Å²) < 4.78 is 27.2. The van der Waals surface area contributed by atoms with Crippen LogP contribution in [0.3, 0.4) is 0 Å². The summed E-state index contributed by atoms with van der Waals surface area (Å²) in [7, 11) is -3.79. The molecule has 0 saturated heterocycles. The molecule has 0 spiro atoms. The van der Waals surface area contributed by atoms with Gasteiger partial charge in [0.1, 0.15) is 11.5 Å². The van der Waals surface area contributed by atoms with E-state index in [0.717, 1.165) is 0 Å². The van der Waals surface area contributed by atoms with Gasteiger partial charge in [-0.1, -0.05) is 29.8 Å². The standard InChI is InChI=1S/C17H11ClN4O2S/c18-16-9-15(20-11-21-16)14-10-22(17-13(14)7-4-8-19-17)25(23,24)12-5-2-1-3-6-12/h1-11H. The Bertz CT molecular complexity index is 1170. The van der Waals surface area contributed by atoms with Crippen molar-refractivity contribution in [3.63, 3.8) is 0 Å². The van der Waals surface area contributed by atoms with Gasteiger partial charge in [-0.25, -0.2) is 27.3 Å². The lowest BCUT2D eigenvalue weighted by Gasteiger charge is -2.06. The van der Waals surface area contributed by atoms with E-state index in [1.54, 1.807) is 54.7 Å². The van der Waals surface area contributed by atoms with E-state index in [9.17, 15) is 8.42 Å². The molecule has 0 fully saturated rings. The van der Waals surface area contributed by atoms with Crippen LogP contribution in [-0.2, 0) is 10.0 Å². The van der Waals surface area contributed by atoms with Crippen LogP contribution in [0.25, 0.3) is 22.3 Å². The molecule has 3 aromatic heterocycles. The molecule has 4 aromatic rings. The lowest BCUT2D eigenvalue weighted by Crippen LogP contribution is -2.12. The second kappa shape index (κ2) is 5.94. The molecule has 6 nitrogen and oxygen atoms in total. The molecule has 0 atom stereocenters. The molecule has 0 amide bonds. The monoisotopic (exact) mass is 370 g/mol. The molecule has 0 aliphatic heterocycles. The van der Waals surface area contributed by atoms with E-state index >= 15 is 0 Å². The van der Waals surface area contributed by atoms with Crippen molar-refractivity contribution in [2.45, 2.75) is 4.90 Å². The van der Waals surface area contributed by atoms with E-state index in [0.29, 0.717) is 22.3 Å². The highest BCUT2D eigenvalue weighted by atomic mass is 35.5. The van der Waals surface area contributed by atoms with Crippen LogP contribution in [0.15, 0.2) is 72.1 Å². The van der Waals surface area contributed by atoms with Gasteiger partial charge < -0.3 is 0 Å². The summed E-state index contributed by atoms with van der Waals surface area (Å²) >= 11 is 5.95. The molecule has 124 valence electrons. The van der Waals surface area contributed by atoms with E-state index in [4.69, 9.17) is 11.6 Å². The van der Waals surface area contributed by atoms with Gasteiger partial charge in [-0.2, -0.15) is 0 Å². The van der Waals surface area contributed by atoms with Gasteiger partial charge in [0.15, 0.2) is 5.65 Å². The summed E-state index contributed by atoms with van der Waals surface area (Å²) in [5, 5.41) is 0.942. The van der Waals surface area contributed by atoms with Crippen LogP contribution in [0, 0.1) is 0 Å². The Morgan fingerprint density at radius 3 is 2.52 bits per heavy atom. The molecule has 25 heavy (non-hydrogen) atoms. The predicted molar refractivity (Wildman–Crippen MR) is 94.8 cm³/mol. The Labute approximate surface area is 148 Å². The molecule has 0 aliphatic rings. The lowest BCUT2D eigenvalue weighted by molar-refractivity contribution is 0.589. The number of nitrogens with zero attached hydrogens (tertiary/aromatic N) is 4. The average Bonchev–Trinajstić information content (AvgIpc) is 3.03. The number of halogens is 1. The summed E-state index contributed by atoms with van der Waals surface area (Å²) in [6.07, 6.45) is 4.40. The second-order valence-corrected chi connectivity index (χ2v) is 7.46. The average molecular weight is 371 g/mol. The van der Waals surface area contributed by atoms with E-state index in [1.165, 1.54) is 16.5 Å². The summed E-state index contributed by atoms with van der Waals surface area (Å²) in [4.78, 5) is 12.5. The van der Waals surface area contributed by atoms with Gasteiger partial charge >= 0.3 is 0 Å². The second-order valence-electron chi connectivity index (χ2n) is 5.26. The minimum atomic E-state index is -3.79. The third kappa shape index (κ3) is 2.67. The zero-order chi connectivity index (χ0) is 17.4. The first-order chi connectivity index (χ1) is 12.1. The number of aromatic nitrogens is 4. The van der Waals surface area contributed by atoms with E-state index in [2.05, 4.69) is 15.0 Å². The first-order valence-corrected chi connectivity index (χ1v) is 9.14. The molecule has 0 aliphatic carbocycles. The maximum absolute atomic E-state index is 13.0. The van der Waals surface area contributed by atoms with Crippen molar-refractivity contribution in [2.75, 3.05) is 0 Å². The number of fused-ring (bicyclic) bond motifs is 1. The fourth-order valence-corrected chi connectivity index (χ4v) is 4.10. The van der Waals surface area contributed by atoms with Gasteiger partial charge in [-0.05, 0) is 24.3 Å². The molecule has 0 N–H and O–H groups in total. The van der Waals surface area contributed by atoms with Gasteiger partial charge in [0.05, 0.1) is 10.6 Å². The van der Waals surface area contributed by atoms with Crippen LogP contribution >= 0.6 is 11.6 Å². The van der Waals surface area contributed by atoms with Crippen LogP contribution < -0.4 is 0 Å². The highest BCUT2D eigenvalue weighted by Crippen LogP contribution is 2.31. The van der Waals surface area contributed by atoms with Crippen molar-refractivity contribution in [1.82, 2.24) is 18.9 Å². The number of hydrogen-bond donors (Lipinski definition) is 0. The molecule has 1 aromatic carbocycles. The molecule has 4 rings (SSSR count). The van der Waals surface area contributed by atoms with Crippen molar-refractivity contribution in [3.8, 4) is 11.3 Å². The van der Waals surface area contributed by atoms with Crippen molar-refractivity contribution in [1.29, 1.82) is 0 Å². The summed E-state index contributed by atoms with van der Waals surface area (Å²) in [6, 6.07) is 13.3. The fourth-order valence-electron chi connectivity index (χ4n) is 2.60. The maximum Gasteiger partial charge on any atom is 0.269 e. The Morgan fingerprint density at radius 2 is 1.76 bits per heavy atom. The molecule has 0 saturated carbocycles. The zero-order valence-electron chi connectivity index (χ0n) is 12.7. The van der Waals surface area contributed by atoms with Crippen LogP contribution in [0.4, 0.5) is 0 Å². The summed E-state index contributed by atoms with van der Waals surface area (Å²) in [5.74, 6) is 0. The highest BCUT2D eigenvalue weighted by Gasteiger charge is 2.22. The molecule has 0 bridgehead atoms. The van der Waals surface area contributed by atoms with Crippen molar-refractivity contribution in [2.24, 2.45) is 0 Å². The highest BCUT2D eigenvalue weighted by molar-refractivity contribution is 7.90. The first-order valence-electron chi connectivity index (χ1n) is 7.32. The Kier molecular flexibility index (Phi) is 3.74. The third-order valence-corrected chi connectivity index (χ3v) is 5.61. The van der Waals surface area contributed by atoms with Gasteiger partial charge in [-0.3, -0.25) is 0 Å². The SMILES string of the molecule is O=S(=O)(c1ccccc1)n1cc(-c2cc(Cl)ncn2)c2cccnc21. The number of hydrogen-bond acceptors (Lipinski definition) is 5. The quantitative estimate of drug-likeness (QED) is 0.516. The molecular weight excluding hydrogens is 360 g/mol. The van der Waals surface area contributed by atoms with Crippen molar-refractivity contribution < 1.29 is 8.42 Å². The van der Waals surface area contributed by atoms with Gasteiger partial charge in [0, 0.05) is 29.4 Å². The molecule has 8 heteroatoms. The molecular formula is C17H11ClN4O2S. The van der Waals surface area contributed by atoms with Gasteiger partial charge in [0.2, 0.25) is 0 Å². The number of benzene rings is 1. The van der Waals surface area contributed by atoms with Crippen LogP contribution in [0.5, 0.6) is 0 Å². The van der Waals surface area contributed by atoms with Crippen LogP contribution in [-0.4, -0.2) is 27.3 Å². The van der Waals surface area contributed by atoms with E-state index in [1.807, 2.05) is 0 Å². The zero-order valence-corrected chi connectivity index (χ0v) is 14.3. The van der Waals surface area contributed by atoms with E-state index in [-0.39, 0.29) is 10.0 Å². The minimum Gasteiger partial charge on any atom is -0.237 e. The minimum absolute atomic E-state index is 0.185. The first kappa shape index (κ1) is 15.7. The Morgan fingerprint density at radius 1 is 0.960 bits per heavy atom. The molecule has 0 radical (unpaired) electrons. The van der Waals surface area contributed by atoms with Gasteiger partial charge in [0.25, 0.3) is 10.0 Å². The number of pyridine rings is 1. The normalized spacial score (nSPS) is 11.7. The largest absolute Gasteiger partial charge is 0.269 e. The van der Waals surface area contributed by atoms with E-state index < -0.39 is 10.0 Å². The lowest BCUT2D eigenvalue weighted by atomic mass is 10.1. The fraction of sp³-hybridized carbons (Fsp3) is 0. The summed E-state index contributed by atoms with van der Waals surface area (Å²) in [5.41, 5.74) is 1.48. The van der Waals surface area contributed by atoms with Crippen molar-refractivity contribution >= 4 is 32.7 Å². The summed E-state index contributed by atoms with van der Waals surface area (Å²) in [6.45, 7) is 0. The smallest absolute Gasteiger partial charge is 0.237 e. The Balaban J connectivity index is 2.01. The number of rotatable bonds is 3. The maximum atomic E-state index is 13.0. The molecule has 3 heterocycles. The van der Waals surface area contributed by atoms with Gasteiger partial charge in [-0.15, -0.1) is 0 Å². The Hall–Kier alpha value is -2.77. The third-order valence-electron chi connectivity index (χ3n) is 3.74. The molecule has 0 unspecified atom stereocenters. The topological polar surface area (TPSA) is 77.7 Å². The predicted octanol–water partition coefficient (Wildman–Crippen LogP) is 3.38. The van der Waals surface area contributed by atoms with Crippen LogP contribution in [0.1, 0.15) is 0 Å².